The SMILES string of the molecule is CC(C)c1cccc(NC(=O)CS(=O)(=O)Cc2ccc(F)cc2)c1. The fraction of sp³-hybridized carbons (Fsp3) is 0.278. The lowest BCUT2D eigenvalue weighted by Gasteiger charge is -2.10. The van der Waals surface area contributed by atoms with Gasteiger partial charge in [0.1, 0.15) is 11.6 Å². The highest BCUT2D eigenvalue weighted by atomic mass is 32.2. The molecule has 0 saturated carbocycles. The first-order valence-electron chi connectivity index (χ1n) is 7.60. The van der Waals surface area contributed by atoms with E-state index in [0.717, 1.165) is 5.56 Å². The van der Waals surface area contributed by atoms with Gasteiger partial charge in [-0.1, -0.05) is 38.1 Å². The molecule has 1 amide bonds. The van der Waals surface area contributed by atoms with E-state index < -0.39 is 27.3 Å². The monoisotopic (exact) mass is 349 g/mol. The van der Waals surface area contributed by atoms with Gasteiger partial charge in [-0.05, 0) is 41.3 Å². The van der Waals surface area contributed by atoms with Crippen LogP contribution in [0.2, 0.25) is 0 Å². The molecule has 0 heterocycles. The molecule has 2 aromatic rings. The van der Waals surface area contributed by atoms with Crippen molar-refractivity contribution in [2.24, 2.45) is 0 Å². The van der Waals surface area contributed by atoms with Crippen LogP contribution in [0.1, 0.15) is 30.9 Å². The number of sulfone groups is 1. The summed E-state index contributed by atoms with van der Waals surface area (Å²) in [5.41, 5.74) is 2.08. The summed E-state index contributed by atoms with van der Waals surface area (Å²) in [6, 6.07) is 12.5. The third-order valence-electron chi connectivity index (χ3n) is 3.49. The molecule has 24 heavy (non-hydrogen) atoms. The first kappa shape index (κ1) is 18.1. The van der Waals surface area contributed by atoms with E-state index in [-0.39, 0.29) is 5.75 Å². The number of hydrogen-bond acceptors (Lipinski definition) is 3. The topological polar surface area (TPSA) is 63.2 Å². The first-order chi connectivity index (χ1) is 11.2. The van der Waals surface area contributed by atoms with Gasteiger partial charge in [-0.15, -0.1) is 0 Å². The molecule has 0 aliphatic heterocycles. The summed E-state index contributed by atoms with van der Waals surface area (Å²) in [4.78, 5) is 12.0. The molecule has 0 aliphatic carbocycles. The van der Waals surface area contributed by atoms with Gasteiger partial charge in [0.15, 0.2) is 9.84 Å². The molecule has 4 nitrogen and oxygen atoms in total. The van der Waals surface area contributed by atoms with Gasteiger partial charge in [0, 0.05) is 5.69 Å². The third-order valence-corrected chi connectivity index (χ3v) is 4.96. The van der Waals surface area contributed by atoms with Gasteiger partial charge in [-0.2, -0.15) is 0 Å². The molecule has 1 N–H and O–H groups in total. The number of rotatable bonds is 6. The molecular weight excluding hydrogens is 329 g/mol. The minimum absolute atomic E-state index is 0.299. The molecule has 0 aliphatic rings. The van der Waals surface area contributed by atoms with Crippen LogP contribution in [0.4, 0.5) is 10.1 Å². The lowest BCUT2D eigenvalue weighted by atomic mass is 10.0. The van der Waals surface area contributed by atoms with Crippen molar-refractivity contribution in [3.05, 3.63) is 65.5 Å². The number of nitrogens with one attached hydrogen (secondary N) is 1. The molecule has 2 rings (SSSR count). The summed E-state index contributed by atoms with van der Waals surface area (Å²) in [5.74, 6) is -1.62. The Morgan fingerprint density at radius 1 is 1.12 bits per heavy atom. The van der Waals surface area contributed by atoms with Crippen molar-refractivity contribution in [3.63, 3.8) is 0 Å². The van der Waals surface area contributed by atoms with E-state index in [9.17, 15) is 17.6 Å². The lowest BCUT2D eigenvalue weighted by molar-refractivity contribution is -0.113. The predicted molar refractivity (Wildman–Crippen MR) is 93.1 cm³/mol. The normalized spacial score (nSPS) is 11.5. The van der Waals surface area contributed by atoms with E-state index in [2.05, 4.69) is 5.32 Å². The summed E-state index contributed by atoms with van der Waals surface area (Å²) in [6.45, 7) is 4.07. The number of carbonyl (C=O) groups excluding carboxylic acids is 1. The van der Waals surface area contributed by atoms with Gasteiger partial charge in [0.2, 0.25) is 5.91 Å². The minimum atomic E-state index is -3.63. The number of halogens is 1. The Hall–Kier alpha value is -2.21. The van der Waals surface area contributed by atoms with Crippen LogP contribution >= 0.6 is 0 Å². The smallest absolute Gasteiger partial charge is 0.239 e. The van der Waals surface area contributed by atoms with Crippen LogP contribution in [0.15, 0.2) is 48.5 Å². The summed E-state index contributed by atoms with van der Waals surface area (Å²) in [5, 5.41) is 2.61. The van der Waals surface area contributed by atoms with Crippen molar-refractivity contribution in [2.75, 3.05) is 11.1 Å². The second-order valence-electron chi connectivity index (χ2n) is 5.99. The molecule has 0 aromatic heterocycles. The molecule has 128 valence electrons. The van der Waals surface area contributed by atoms with Crippen LogP contribution in [0, 0.1) is 5.82 Å². The standard InChI is InChI=1S/C18H20FNO3S/c1-13(2)15-4-3-5-17(10-15)20-18(21)12-24(22,23)11-14-6-8-16(19)9-7-14/h3-10,13H,11-12H2,1-2H3,(H,20,21). The summed E-state index contributed by atoms with van der Waals surface area (Å²) in [7, 11) is -3.63. The molecule has 6 heteroatoms. The molecule has 0 fully saturated rings. The van der Waals surface area contributed by atoms with Gasteiger partial charge in [-0.3, -0.25) is 4.79 Å². The molecule has 0 unspecified atom stereocenters. The summed E-state index contributed by atoms with van der Waals surface area (Å²) < 4.78 is 37.1. The van der Waals surface area contributed by atoms with E-state index in [1.807, 2.05) is 32.0 Å². The fourth-order valence-electron chi connectivity index (χ4n) is 2.26. The van der Waals surface area contributed by atoms with Crippen LogP contribution < -0.4 is 5.32 Å². The van der Waals surface area contributed by atoms with Crippen LogP contribution in [-0.4, -0.2) is 20.1 Å². The van der Waals surface area contributed by atoms with Gasteiger partial charge >= 0.3 is 0 Å². The van der Waals surface area contributed by atoms with Crippen LogP contribution in [0.25, 0.3) is 0 Å². The highest BCUT2D eigenvalue weighted by Crippen LogP contribution is 2.18. The Morgan fingerprint density at radius 2 is 1.79 bits per heavy atom. The Kier molecular flexibility index (Phi) is 5.72. The number of hydrogen-bond donors (Lipinski definition) is 1. The van der Waals surface area contributed by atoms with Crippen LogP contribution in [0.3, 0.4) is 0 Å². The van der Waals surface area contributed by atoms with Gasteiger partial charge < -0.3 is 5.32 Å². The second-order valence-corrected chi connectivity index (χ2v) is 8.05. The maximum Gasteiger partial charge on any atom is 0.239 e. The van der Waals surface area contributed by atoms with Crippen molar-refractivity contribution in [3.8, 4) is 0 Å². The molecule has 0 radical (unpaired) electrons. The predicted octanol–water partition coefficient (Wildman–Crippen LogP) is 3.50. The van der Waals surface area contributed by atoms with Crippen LogP contribution in [0.5, 0.6) is 0 Å². The van der Waals surface area contributed by atoms with Crippen molar-refractivity contribution in [1.29, 1.82) is 0 Å². The average Bonchev–Trinajstić information content (AvgIpc) is 2.49. The van der Waals surface area contributed by atoms with E-state index in [1.54, 1.807) is 6.07 Å². The maximum absolute atomic E-state index is 12.8. The molecule has 0 spiro atoms. The Bertz CT molecular complexity index is 814. The van der Waals surface area contributed by atoms with E-state index in [0.29, 0.717) is 17.2 Å². The van der Waals surface area contributed by atoms with Crippen molar-refractivity contribution < 1.29 is 17.6 Å². The molecular formula is C18H20FNO3S. The zero-order chi connectivity index (χ0) is 17.7. The van der Waals surface area contributed by atoms with Crippen LogP contribution in [-0.2, 0) is 20.4 Å². The minimum Gasteiger partial charge on any atom is -0.325 e. The zero-order valence-corrected chi connectivity index (χ0v) is 14.4. The molecule has 0 saturated heterocycles. The number of anilines is 1. The number of carbonyl (C=O) groups is 1. The average molecular weight is 349 g/mol. The van der Waals surface area contributed by atoms with E-state index >= 15 is 0 Å². The van der Waals surface area contributed by atoms with E-state index in [4.69, 9.17) is 0 Å². The number of benzene rings is 2. The van der Waals surface area contributed by atoms with E-state index in [1.165, 1.54) is 24.3 Å². The third kappa shape index (κ3) is 5.45. The number of amides is 1. The van der Waals surface area contributed by atoms with Gasteiger partial charge in [0.05, 0.1) is 5.75 Å². The molecule has 0 atom stereocenters. The Balaban J connectivity index is 2.00. The van der Waals surface area contributed by atoms with Gasteiger partial charge in [-0.25, -0.2) is 12.8 Å². The van der Waals surface area contributed by atoms with Crippen molar-refractivity contribution in [2.45, 2.75) is 25.5 Å². The lowest BCUT2D eigenvalue weighted by Crippen LogP contribution is -2.24. The van der Waals surface area contributed by atoms with Crippen molar-refractivity contribution in [1.82, 2.24) is 0 Å². The summed E-state index contributed by atoms with van der Waals surface area (Å²) >= 11 is 0. The molecule has 2 aromatic carbocycles. The first-order valence-corrected chi connectivity index (χ1v) is 9.42. The molecule has 0 bridgehead atoms. The Labute approximate surface area is 141 Å². The largest absolute Gasteiger partial charge is 0.325 e. The highest BCUT2D eigenvalue weighted by molar-refractivity contribution is 7.91. The quantitative estimate of drug-likeness (QED) is 0.868. The van der Waals surface area contributed by atoms with Crippen molar-refractivity contribution >= 4 is 21.4 Å². The maximum atomic E-state index is 12.8. The zero-order valence-electron chi connectivity index (χ0n) is 13.6. The fourth-order valence-corrected chi connectivity index (χ4v) is 3.53. The van der Waals surface area contributed by atoms with Gasteiger partial charge in [0.25, 0.3) is 0 Å². The Morgan fingerprint density at radius 3 is 2.42 bits per heavy atom. The highest BCUT2D eigenvalue weighted by Gasteiger charge is 2.18. The summed E-state index contributed by atoms with van der Waals surface area (Å²) in [6.07, 6.45) is 0. The second kappa shape index (κ2) is 7.57.